The number of nitrogens with one attached hydrogen (secondary N) is 1. The van der Waals surface area contributed by atoms with Crippen LogP contribution in [0.2, 0.25) is 0 Å². The summed E-state index contributed by atoms with van der Waals surface area (Å²) in [4.78, 5) is 0. The van der Waals surface area contributed by atoms with Crippen LogP contribution >= 0.6 is 0 Å². The van der Waals surface area contributed by atoms with Gasteiger partial charge in [-0.15, -0.1) is 0 Å². The first-order valence-electron chi connectivity index (χ1n) is 6.71. The number of benzene rings is 1. The average molecular weight is 251 g/mol. The summed E-state index contributed by atoms with van der Waals surface area (Å²) in [6, 6.07) is 6.57. The number of aliphatic hydroxyl groups is 1. The maximum Gasteiger partial charge on any atom is 0.123 e. The van der Waals surface area contributed by atoms with Gasteiger partial charge in [0.25, 0.3) is 0 Å². The van der Waals surface area contributed by atoms with Crippen LogP contribution in [0.4, 0.5) is 4.39 Å². The molecule has 1 saturated carbocycles. The summed E-state index contributed by atoms with van der Waals surface area (Å²) < 4.78 is 12.9. The lowest BCUT2D eigenvalue weighted by Crippen LogP contribution is -2.41. The maximum absolute atomic E-state index is 12.9. The van der Waals surface area contributed by atoms with Crippen LogP contribution in [0.3, 0.4) is 0 Å². The van der Waals surface area contributed by atoms with E-state index < -0.39 is 5.60 Å². The van der Waals surface area contributed by atoms with Crippen molar-refractivity contribution in [2.75, 3.05) is 6.54 Å². The number of rotatable bonds is 4. The van der Waals surface area contributed by atoms with E-state index in [1.165, 1.54) is 31.4 Å². The highest BCUT2D eigenvalue weighted by Gasteiger charge is 2.28. The monoisotopic (exact) mass is 251 g/mol. The molecular weight excluding hydrogens is 229 g/mol. The van der Waals surface area contributed by atoms with Crippen LogP contribution in [-0.2, 0) is 5.60 Å². The average Bonchev–Trinajstić information content (AvgIpc) is 2.73. The van der Waals surface area contributed by atoms with Crippen LogP contribution in [-0.4, -0.2) is 17.7 Å². The van der Waals surface area contributed by atoms with Crippen molar-refractivity contribution < 1.29 is 9.50 Å². The summed E-state index contributed by atoms with van der Waals surface area (Å²) >= 11 is 0. The molecule has 0 heterocycles. The van der Waals surface area contributed by atoms with Gasteiger partial charge in [0.1, 0.15) is 5.82 Å². The first kappa shape index (κ1) is 13.5. The Morgan fingerprint density at radius 2 is 2.00 bits per heavy atom. The molecule has 0 radical (unpaired) electrons. The zero-order valence-corrected chi connectivity index (χ0v) is 11.1. The summed E-state index contributed by atoms with van der Waals surface area (Å²) in [5, 5.41) is 13.9. The van der Waals surface area contributed by atoms with E-state index >= 15 is 0 Å². The van der Waals surface area contributed by atoms with Crippen molar-refractivity contribution in [2.24, 2.45) is 5.92 Å². The van der Waals surface area contributed by atoms with Crippen molar-refractivity contribution in [1.29, 1.82) is 0 Å². The van der Waals surface area contributed by atoms with Gasteiger partial charge in [0, 0.05) is 12.6 Å². The minimum Gasteiger partial charge on any atom is -0.384 e. The SMILES string of the molecule is CC1CCCC1NCC(C)(O)c1ccc(F)cc1. The molecule has 3 atom stereocenters. The second-order valence-electron chi connectivity index (χ2n) is 5.68. The van der Waals surface area contributed by atoms with Gasteiger partial charge in [-0.05, 0) is 43.4 Å². The molecule has 18 heavy (non-hydrogen) atoms. The van der Waals surface area contributed by atoms with E-state index in [1.54, 1.807) is 19.1 Å². The lowest BCUT2D eigenvalue weighted by molar-refractivity contribution is 0.0525. The van der Waals surface area contributed by atoms with Gasteiger partial charge < -0.3 is 10.4 Å². The van der Waals surface area contributed by atoms with E-state index in [0.29, 0.717) is 18.5 Å². The van der Waals surface area contributed by atoms with E-state index in [0.717, 1.165) is 5.56 Å². The molecule has 1 aromatic carbocycles. The molecule has 0 amide bonds. The minimum atomic E-state index is -0.948. The molecule has 0 bridgehead atoms. The van der Waals surface area contributed by atoms with Gasteiger partial charge >= 0.3 is 0 Å². The zero-order chi connectivity index (χ0) is 13.2. The predicted octanol–water partition coefficient (Wildman–Crippen LogP) is 2.81. The molecule has 0 spiro atoms. The van der Waals surface area contributed by atoms with Crippen LogP contribution < -0.4 is 5.32 Å². The molecule has 1 aliphatic rings. The molecule has 0 aromatic heterocycles. The van der Waals surface area contributed by atoms with Crippen molar-refractivity contribution in [3.63, 3.8) is 0 Å². The third-order valence-electron chi connectivity index (χ3n) is 4.04. The summed E-state index contributed by atoms with van der Waals surface area (Å²) in [6.45, 7) is 4.53. The van der Waals surface area contributed by atoms with Crippen molar-refractivity contribution in [2.45, 2.75) is 44.8 Å². The molecule has 1 fully saturated rings. The summed E-state index contributed by atoms with van der Waals surface area (Å²) in [6.07, 6.45) is 3.70. The van der Waals surface area contributed by atoms with E-state index in [2.05, 4.69) is 12.2 Å². The third-order valence-corrected chi connectivity index (χ3v) is 4.04. The van der Waals surface area contributed by atoms with E-state index in [4.69, 9.17) is 0 Å². The third kappa shape index (κ3) is 3.09. The first-order valence-corrected chi connectivity index (χ1v) is 6.71. The van der Waals surface area contributed by atoms with Crippen molar-refractivity contribution in [1.82, 2.24) is 5.32 Å². The fraction of sp³-hybridized carbons (Fsp3) is 0.600. The summed E-state index contributed by atoms with van der Waals surface area (Å²) in [5.41, 5.74) is -0.197. The van der Waals surface area contributed by atoms with Crippen molar-refractivity contribution in [3.05, 3.63) is 35.6 Å². The normalized spacial score (nSPS) is 27.1. The molecule has 100 valence electrons. The lowest BCUT2D eigenvalue weighted by atomic mass is 9.95. The fourth-order valence-corrected chi connectivity index (χ4v) is 2.69. The van der Waals surface area contributed by atoms with Gasteiger partial charge in [0.2, 0.25) is 0 Å². The first-order chi connectivity index (χ1) is 8.49. The molecule has 1 aliphatic carbocycles. The van der Waals surface area contributed by atoms with E-state index in [-0.39, 0.29) is 5.82 Å². The van der Waals surface area contributed by atoms with E-state index in [9.17, 15) is 9.50 Å². The zero-order valence-electron chi connectivity index (χ0n) is 11.1. The second-order valence-corrected chi connectivity index (χ2v) is 5.68. The lowest BCUT2D eigenvalue weighted by Gasteiger charge is -2.27. The van der Waals surface area contributed by atoms with Crippen LogP contribution in [0.5, 0.6) is 0 Å². The highest BCUT2D eigenvalue weighted by atomic mass is 19.1. The molecule has 0 saturated heterocycles. The Labute approximate surface area is 108 Å². The van der Waals surface area contributed by atoms with E-state index in [1.807, 2.05) is 0 Å². The predicted molar refractivity (Wildman–Crippen MR) is 70.8 cm³/mol. The molecular formula is C15H22FNO. The highest BCUT2D eigenvalue weighted by molar-refractivity contribution is 5.22. The Bertz CT molecular complexity index is 388. The number of hydrogen-bond donors (Lipinski definition) is 2. The molecule has 0 aliphatic heterocycles. The maximum atomic E-state index is 12.9. The number of halogens is 1. The molecule has 3 unspecified atom stereocenters. The topological polar surface area (TPSA) is 32.3 Å². The quantitative estimate of drug-likeness (QED) is 0.862. The molecule has 2 N–H and O–H groups in total. The number of hydrogen-bond acceptors (Lipinski definition) is 2. The minimum absolute atomic E-state index is 0.271. The largest absolute Gasteiger partial charge is 0.384 e. The molecule has 2 nitrogen and oxygen atoms in total. The highest BCUT2D eigenvalue weighted by Crippen LogP contribution is 2.26. The fourth-order valence-electron chi connectivity index (χ4n) is 2.69. The van der Waals surface area contributed by atoms with Gasteiger partial charge in [-0.25, -0.2) is 4.39 Å². The standard InChI is InChI=1S/C15H22FNO/c1-11-4-3-5-14(11)17-10-15(2,18)12-6-8-13(16)9-7-12/h6-9,11,14,17-18H,3-5,10H2,1-2H3. The second kappa shape index (κ2) is 5.37. The van der Waals surface area contributed by atoms with Crippen molar-refractivity contribution in [3.8, 4) is 0 Å². The Morgan fingerprint density at radius 3 is 2.56 bits per heavy atom. The van der Waals surface area contributed by atoms with Crippen LogP contribution in [0.15, 0.2) is 24.3 Å². The Morgan fingerprint density at radius 1 is 1.33 bits per heavy atom. The van der Waals surface area contributed by atoms with Crippen LogP contribution in [0.25, 0.3) is 0 Å². The molecule has 2 rings (SSSR count). The van der Waals surface area contributed by atoms with Gasteiger partial charge in [0.05, 0.1) is 5.60 Å². The smallest absolute Gasteiger partial charge is 0.123 e. The van der Waals surface area contributed by atoms with Gasteiger partial charge in [-0.3, -0.25) is 0 Å². The Hall–Kier alpha value is -0.930. The molecule has 1 aromatic rings. The van der Waals surface area contributed by atoms with Crippen LogP contribution in [0, 0.1) is 11.7 Å². The van der Waals surface area contributed by atoms with Crippen LogP contribution in [0.1, 0.15) is 38.7 Å². The van der Waals surface area contributed by atoms with Gasteiger partial charge in [0.15, 0.2) is 0 Å². The molecule has 3 heteroatoms. The van der Waals surface area contributed by atoms with Gasteiger partial charge in [-0.2, -0.15) is 0 Å². The Balaban J connectivity index is 1.96. The Kier molecular flexibility index (Phi) is 4.03. The van der Waals surface area contributed by atoms with Gasteiger partial charge in [-0.1, -0.05) is 25.5 Å². The van der Waals surface area contributed by atoms with Crippen molar-refractivity contribution >= 4 is 0 Å². The summed E-state index contributed by atoms with van der Waals surface area (Å²) in [7, 11) is 0. The summed E-state index contributed by atoms with van der Waals surface area (Å²) in [5.74, 6) is 0.404.